The molecule has 0 aromatic heterocycles. The molecule has 0 bridgehead atoms. The first-order valence-corrected chi connectivity index (χ1v) is 12.9. The summed E-state index contributed by atoms with van der Waals surface area (Å²) in [6.07, 6.45) is 2.78. The van der Waals surface area contributed by atoms with E-state index >= 15 is 0 Å². The third-order valence-electron chi connectivity index (χ3n) is 7.54. The van der Waals surface area contributed by atoms with Crippen LogP contribution in [0.25, 0.3) is 5.76 Å². The molecule has 1 saturated heterocycles. The van der Waals surface area contributed by atoms with Crippen LogP contribution in [-0.4, -0.2) is 54.6 Å². The predicted molar refractivity (Wildman–Crippen MR) is 135 cm³/mol. The van der Waals surface area contributed by atoms with E-state index in [1.165, 1.54) is 6.07 Å². The van der Waals surface area contributed by atoms with Crippen molar-refractivity contribution in [3.05, 3.63) is 81.6 Å². The molecule has 3 aliphatic rings. The molecule has 5 rings (SSSR count). The maximum Gasteiger partial charge on any atom is 0.513 e. The predicted octanol–water partition coefficient (Wildman–Crippen LogP) is 5.47. The van der Waals surface area contributed by atoms with Gasteiger partial charge in [0.2, 0.25) is 0 Å². The number of nitro benzene ring substituents is 1. The van der Waals surface area contributed by atoms with Gasteiger partial charge in [0.25, 0.3) is 5.69 Å². The molecule has 3 unspecified atom stereocenters. The lowest BCUT2D eigenvalue weighted by molar-refractivity contribution is -0.385. The molecule has 196 valence electrons. The van der Waals surface area contributed by atoms with Crippen LogP contribution < -0.4 is 0 Å². The SMILES string of the molecule is CCOC(=O)OC1=C(c2ccccc2)OC2(N3CCOCC3)CCCCC2C1c1cccc([N+](=O)[O-])c1. The minimum absolute atomic E-state index is 0.00600. The highest BCUT2D eigenvalue weighted by Gasteiger charge is 2.57. The summed E-state index contributed by atoms with van der Waals surface area (Å²) < 4.78 is 23.8. The Kier molecular flexibility index (Phi) is 7.43. The maximum absolute atomic E-state index is 12.7. The smallest absolute Gasteiger partial charge is 0.468 e. The Morgan fingerprint density at radius 1 is 1.14 bits per heavy atom. The summed E-state index contributed by atoms with van der Waals surface area (Å²) in [6, 6.07) is 16.2. The molecule has 0 amide bonds. The van der Waals surface area contributed by atoms with Crippen LogP contribution in [-0.2, 0) is 18.9 Å². The van der Waals surface area contributed by atoms with Crippen molar-refractivity contribution in [3.63, 3.8) is 0 Å². The monoisotopic (exact) mass is 508 g/mol. The summed E-state index contributed by atoms with van der Waals surface area (Å²) in [4.78, 5) is 26.4. The number of fused-ring (bicyclic) bond motifs is 1. The molecule has 2 aliphatic heterocycles. The van der Waals surface area contributed by atoms with Crippen molar-refractivity contribution < 1.29 is 28.7 Å². The zero-order valence-electron chi connectivity index (χ0n) is 21.0. The van der Waals surface area contributed by atoms with Gasteiger partial charge in [-0.2, -0.15) is 0 Å². The summed E-state index contributed by atoms with van der Waals surface area (Å²) in [6.45, 7) is 4.53. The Bertz CT molecular complexity index is 1160. The van der Waals surface area contributed by atoms with E-state index in [1.807, 2.05) is 36.4 Å². The zero-order valence-corrected chi connectivity index (χ0v) is 21.0. The highest BCUT2D eigenvalue weighted by molar-refractivity contribution is 5.70. The van der Waals surface area contributed by atoms with Crippen LogP contribution in [0, 0.1) is 16.0 Å². The number of carbonyl (C=O) groups excluding carboxylic acids is 1. The number of hydrogen-bond donors (Lipinski definition) is 0. The minimum Gasteiger partial charge on any atom is -0.468 e. The second-order valence-corrected chi connectivity index (χ2v) is 9.57. The summed E-state index contributed by atoms with van der Waals surface area (Å²) in [5.41, 5.74) is 0.821. The molecule has 2 aromatic rings. The molecular weight excluding hydrogens is 476 g/mol. The van der Waals surface area contributed by atoms with Crippen LogP contribution >= 0.6 is 0 Å². The van der Waals surface area contributed by atoms with Gasteiger partial charge in [-0.1, -0.05) is 48.9 Å². The number of hydrogen-bond acceptors (Lipinski definition) is 8. The average Bonchev–Trinajstić information content (AvgIpc) is 2.94. The quantitative estimate of drug-likeness (QED) is 0.288. The summed E-state index contributed by atoms with van der Waals surface area (Å²) >= 11 is 0. The minimum atomic E-state index is -0.820. The van der Waals surface area contributed by atoms with E-state index < -0.39 is 22.7 Å². The van der Waals surface area contributed by atoms with E-state index in [-0.39, 0.29) is 18.2 Å². The lowest BCUT2D eigenvalue weighted by Crippen LogP contribution is -2.62. The van der Waals surface area contributed by atoms with Crippen LogP contribution in [0.4, 0.5) is 10.5 Å². The highest BCUT2D eigenvalue weighted by Crippen LogP contribution is 2.56. The van der Waals surface area contributed by atoms with Crippen molar-refractivity contribution >= 4 is 17.6 Å². The topological polar surface area (TPSA) is 100 Å². The number of carbonyl (C=O) groups is 1. The van der Waals surface area contributed by atoms with Gasteiger partial charge in [0, 0.05) is 43.1 Å². The third kappa shape index (κ3) is 4.93. The van der Waals surface area contributed by atoms with Crippen LogP contribution in [0.1, 0.15) is 49.7 Å². The lowest BCUT2D eigenvalue weighted by Gasteiger charge is -2.56. The molecular formula is C28H32N2O7. The van der Waals surface area contributed by atoms with Crippen LogP contribution in [0.15, 0.2) is 60.4 Å². The van der Waals surface area contributed by atoms with Crippen molar-refractivity contribution in [1.82, 2.24) is 4.90 Å². The molecule has 37 heavy (non-hydrogen) atoms. The van der Waals surface area contributed by atoms with Gasteiger partial charge >= 0.3 is 6.16 Å². The Labute approximate surface area is 216 Å². The van der Waals surface area contributed by atoms with Crippen LogP contribution in [0.5, 0.6) is 0 Å². The number of rotatable bonds is 6. The molecule has 0 spiro atoms. The van der Waals surface area contributed by atoms with E-state index in [2.05, 4.69) is 4.90 Å². The molecule has 0 radical (unpaired) electrons. The number of nitrogens with zero attached hydrogens (tertiary/aromatic N) is 2. The fourth-order valence-electron chi connectivity index (χ4n) is 6.01. The molecule has 2 aromatic carbocycles. The number of allylic oxidation sites excluding steroid dienone is 1. The standard InChI is InChI=1S/C28H32N2O7/c1-2-35-27(31)36-26-24(21-11-8-12-22(19-21)30(32)33)23-13-6-7-14-28(23,29-15-17-34-18-16-29)37-25(26)20-9-4-3-5-10-20/h3-5,8-12,19,23-24H,2,6-7,13-18H2,1H3. The second kappa shape index (κ2) is 10.9. The van der Waals surface area contributed by atoms with Crippen molar-refractivity contribution in [3.8, 4) is 0 Å². The number of nitro groups is 1. The van der Waals surface area contributed by atoms with Crippen molar-refractivity contribution in [2.24, 2.45) is 5.92 Å². The van der Waals surface area contributed by atoms with E-state index in [0.717, 1.165) is 36.8 Å². The van der Waals surface area contributed by atoms with Gasteiger partial charge in [-0.3, -0.25) is 15.0 Å². The summed E-state index contributed by atoms with van der Waals surface area (Å²) in [7, 11) is 0. The van der Waals surface area contributed by atoms with Gasteiger partial charge in [-0.15, -0.1) is 0 Å². The largest absolute Gasteiger partial charge is 0.513 e. The van der Waals surface area contributed by atoms with Crippen molar-refractivity contribution in [2.45, 2.75) is 44.2 Å². The first-order valence-electron chi connectivity index (χ1n) is 12.9. The molecule has 1 saturated carbocycles. The molecule has 2 fully saturated rings. The summed E-state index contributed by atoms with van der Waals surface area (Å²) in [5, 5.41) is 11.7. The number of benzene rings is 2. The fraction of sp³-hybridized carbons (Fsp3) is 0.464. The van der Waals surface area contributed by atoms with Gasteiger partial charge < -0.3 is 18.9 Å². The molecule has 1 aliphatic carbocycles. The van der Waals surface area contributed by atoms with E-state index in [0.29, 0.717) is 37.8 Å². The third-order valence-corrected chi connectivity index (χ3v) is 7.54. The maximum atomic E-state index is 12.7. The van der Waals surface area contributed by atoms with Crippen LogP contribution in [0.2, 0.25) is 0 Å². The van der Waals surface area contributed by atoms with Crippen LogP contribution in [0.3, 0.4) is 0 Å². The van der Waals surface area contributed by atoms with Crippen molar-refractivity contribution in [1.29, 1.82) is 0 Å². The Balaban J connectivity index is 1.74. The van der Waals surface area contributed by atoms with Gasteiger partial charge in [0.1, 0.15) is 0 Å². The normalized spacial score (nSPS) is 26.1. The van der Waals surface area contributed by atoms with Gasteiger partial charge in [-0.05, 0) is 25.3 Å². The van der Waals surface area contributed by atoms with Gasteiger partial charge in [0.05, 0.1) is 30.7 Å². The second-order valence-electron chi connectivity index (χ2n) is 9.57. The average molecular weight is 509 g/mol. The van der Waals surface area contributed by atoms with Gasteiger partial charge in [-0.25, -0.2) is 4.79 Å². The van der Waals surface area contributed by atoms with E-state index in [9.17, 15) is 14.9 Å². The first-order chi connectivity index (χ1) is 18.0. The molecule has 0 N–H and O–H groups in total. The first kappa shape index (κ1) is 25.2. The Hall–Kier alpha value is -3.43. The van der Waals surface area contributed by atoms with Gasteiger partial charge in [0.15, 0.2) is 17.2 Å². The zero-order chi connectivity index (χ0) is 25.8. The molecule has 9 heteroatoms. The highest BCUT2D eigenvalue weighted by atomic mass is 16.7. The van der Waals surface area contributed by atoms with E-state index in [1.54, 1.807) is 19.1 Å². The Morgan fingerprint density at radius 3 is 2.65 bits per heavy atom. The van der Waals surface area contributed by atoms with E-state index in [4.69, 9.17) is 18.9 Å². The molecule has 3 atom stereocenters. The summed E-state index contributed by atoms with van der Waals surface area (Å²) in [5.74, 6) is 0.255. The Morgan fingerprint density at radius 2 is 1.92 bits per heavy atom. The lowest BCUT2D eigenvalue weighted by atomic mass is 9.67. The molecule has 9 nitrogen and oxygen atoms in total. The number of non-ortho nitro benzene ring substituents is 1. The molecule has 2 heterocycles. The fourth-order valence-corrected chi connectivity index (χ4v) is 6.01. The number of morpholine rings is 1. The number of ether oxygens (including phenoxy) is 4. The van der Waals surface area contributed by atoms with Crippen molar-refractivity contribution in [2.75, 3.05) is 32.9 Å².